The van der Waals surface area contributed by atoms with E-state index in [4.69, 9.17) is 10.5 Å². The van der Waals surface area contributed by atoms with Crippen molar-refractivity contribution in [1.29, 1.82) is 0 Å². The lowest BCUT2D eigenvalue weighted by Gasteiger charge is -2.40. The minimum Gasteiger partial charge on any atom is -0.444 e. The molecule has 1 saturated heterocycles. The third-order valence-electron chi connectivity index (χ3n) is 3.24. The highest BCUT2D eigenvalue weighted by atomic mass is 16.6. The second-order valence-electron chi connectivity index (χ2n) is 6.27. The SMILES string of the molecule is C[C@H]1CN(c2cnc(N)cn2)CCN1C(=O)OC(C)(C)C. The van der Waals surface area contributed by atoms with Gasteiger partial charge in [-0.25, -0.2) is 14.8 Å². The van der Waals surface area contributed by atoms with Crippen LogP contribution in [0.15, 0.2) is 12.4 Å². The smallest absolute Gasteiger partial charge is 0.410 e. The molecule has 21 heavy (non-hydrogen) atoms. The quantitative estimate of drug-likeness (QED) is 0.844. The van der Waals surface area contributed by atoms with Crippen molar-refractivity contribution < 1.29 is 9.53 Å². The van der Waals surface area contributed by atoms with Crippen molar-refractivity contribution in [3.8, 4) is 0 Å². The van der Waals surface area contributed by atoms with Crippen LogP contribution in [-0.4, -0.2) is 52.2 Å². The number of hydrogen-bond acceptors (Lipinski definition) is 6. The summed E-state index contributed by atoms with van der Waals surface area (Å²) in [6, 6.07) is 0.0490. The Labute approximate surface area is 125 Å². The Hall–Kier alpha value is -2.05. The molecule has 2 rings (SSSR count). The molecule has 7 nitrogen and oxygen atoms in total. The highest BCUT2D eigenvalue weighted by Crippen LogP contribution is 2.19. The molecule has 0 aliphatic carbocycles. The molecule has 0 saturated carbocycles. The van der Waals surface area contributed by atoms with E-state index in [1.807, 2.05) is 27.7 Å². The van der Waals surface area contributed by atoms with Gasteiger partial charge in [0.15, 0.2) is 0 Å². The fraction of sp³-hybridized carbons (Fsp3) is 0.643. The van der Waals surface area contributed by atoms with Crippen molar-refractivity contribution in [2.75, 3.05) is 30.3 Å². The summed E-state index contributed by atoms with van der Waals surface area (Å²) in [5.41, 5.74) is 5.07. The van der Waals surface area contributed by atoms with Gasteiger partial charge in [-0.05, 0) is 27.7 Å². The van der Waals surface area contributed by atoms with Crippen molar-refractivity contribution in [2.24, 2.45) is 0 Å². The molecule has 2 N–H and O–H groups in total. The number of nitrogen functional groups attached to an aromatic ring is 1. The fourth-order valence-corrected chi connectivity index (χ4v) is 2.25. The van der Waals surface area contributed by atoms with Crippen molar-refractivity contribution in [3.05, 3.63) is 12.4 Å². The zero-order valence-electron chi connectivity index (χ0n) is 13.0. The van der Waals surface area contributed by atoms with E-state index in [-0.39, 0.29) is 12.1 Å². The second-order valence-corrected chi connectivity index (χ2v) is 6.27. The summed E-state index contributed by atoms with van der Waals surface area (Å²) < 4.78 is 5.43. The number of amides is 1. The van der Waals surface area contributed by atoms with Crippen LogP contribution in [0.2, 0.25) is 0 Å². The molecular formula is C14H23N5O2. The first kappa shape index (κ1) is 15.3. The van der Waals surface area contributed by atoms with Crippen molar-refractivity contribution in [2.45, 2.75) is 39.3 Å². The Bertz CT molecular complexity index is 497. The average Bonchev–Trinajstić information content (AvgIpc) is 2.37. The van der Waals surface area contributed by atoms with Gasteiger partial charge in [0.25, 0.3) is 0 Å². The van der Waals surface area contributed by atoms with Gasteiger partial charge in [-0.2, -0.15) is 0 Å². The number of anilines is 2. The minimum absolute atomic E-state index is 0.0490. The lowest BCUT2D eigenvalue weighted by atomic mass is 10.2. The average molecular weight is 293 g/mol. The van der Waals surface area contributed by atoms with Gasteiger partial charge >= 0.3 is 6.09 Å². The molecule has 0 radical (unpaired) electrons. The molecule has 0 unspecified atom stereocenters. The van der Waals surface area contributed by atoms with Crippen LogP contribution in [0.5, 0.6) is 0 Å². The molecule has 7 heteroatoms. The number of hydrogen-bond donors (Lipinski definition) is 1. The van der Waals surface area contributed by atoms with Crippen LogP contribution in [0.4, 0.5) is 16.4 Å². The number of rotatable bonds is 1. The number of carbonyl (C=O) groups excluding carboxylic acids is 1. The number of aromatic nitrogens is 2. The summed E-state index contributed by atoms with van der Waals surface area (Å²) in [5, 5.41) is 0. The van der Waals surface area contributed by atoms with E-state index in [0.29, 0.717) is 25.5 Å². The van der Waals surface area contributed by atoms with E-state index < -0.39 is 5.60 Å². The van der Waals surface area contributed by atoms with Gasteiger partial charge in [0.05, 0.1) is 12.4 Å². The molecule has 116 valence electrons. The molecule has 1 fully saturated rings. The number of nitrogens with zero attached hydrogens (tertiary/aromatic N) is 4. The molecule has 0 bridgehead atoms. The van der Waals surface area contributed by atoms with E-state index in [2.05, 4.69) is 14.9 Å². The monoisotopic (exact) mass is 293 g/mol. The summed E-state index contributed by atoms with van der Waals surface area (Å²) in [6.07, 6.45) is 2.93. The van der Waals surface area contributed by atoms with Crippen LogP contribution >= 0.6 is 0 Å². The first-order chi connectivity index (χ1) is 9.76. The van der Waals surface area contributed by atoms with Crippen LogP contribution < -0.4 is 10.6 Å². The van der Waals surface area contributed by atoms with Gasteiger partial charge in [0.1, 0.15) is 17.2 Å². The standard InChI is InChI=1S/C14H23N5O2/c1-10-9-18(12-8-16-11(15)7-17-12)5-6-19(10)13(20)21-14(2,3)4/h7-8,10H,5-6,9H2,1-4H3,(H2,15,16)/t10-/m0/s1. The van der Waals surface area contributed by atoms with Crippen LogP contribution in [0.1, 0.15) is 27.7 Å². The predicted octanol–water partition coefficient (Wildman–Crippen LogP) is 1.50. The third-order valence-corrected chi connectivity index (χ3v) is 3.24. The molecule has 2 heterocycles. The van der Waals surface area contributed by atoms with E-state index in [9.17, 15) is 4.79 Å². The van der Waals surface area contributed by atoms with E-state index in [1.165, 1.54) is 0 Å². The highest BCUT2D eigenvalue weighted by molar-refractivity contribution is 5.69. The molecule has 1 aromatic rings. The van der Waals surface area contributed by atoms with E-state index in [1.54, 1.807) is 17.3 Å². The van der Waals surface area contributed by atoms with Gasteiger partial charge < -0.3 is 20.3 Å². The van der Waals surface area contributed by atoms with Crippen molar-refractivity contribution in [1.82, 2.24) is 14.9 Å². The van der Waals surface area contributed by atoms with Gasteiger partial charge in [-0.1, -0.05) is 0 Å². The summed E-state index contributed by atoms with van der Waals surface area (Å²) in [7, 11) is 0. The number of carbonyl (C=O) groups is 1. The van der Waals surface area contributed by atoms with Crippen LogP contribution in [0, 0.1) is 0 Å². The summed E-state index contributed by atoms with van der Waals surface area (Å²) in [4.78, 5) is 24.3. The molecule has 1 aliphatic rings. The topological polar surface area (TPSA) is 84.6 Å². The predicted molar refractivity (Wildman–Crippen MR) is 81.1 cm³/mol. The van der Waals surface area contributed by atoms with E-state index in [0.717, 1.165) is 5.82 Å². The normalized spacial score (nSPS) is 19.5. The van der Waals surface area contributed by atoms with Crippen LogP contribution in [0.25, 0.3) is 0 Å². The maximum atomic E-state index is 12.2. The Kier molecular flexibility index (Phi) is 4.20. The third kappa shape index (κ3) is 3.96. The lowest BCUT2D eigenvalue weighted by Crippen LogP contribution is -2.55. The molecular weight excluding hydrogens is 270 g/mol. The number of piperazine rings is 1. The number of ether oxygens (including phenoxy) is 1. The number of nitrogens with two attached hydrogens (primary N) is 1. The first-order valence-electron chi connectivity index (χ1n) is 7.08. The maximum absolute atomic E-state index is 12.2. The van der Waals surface area contributed by atoms with Crippen LogP contribution in [0.3, 0.4) is 0 Å². The summed E-state index contributed by atoms with van der Waals surface area (Å²) in [6.45, 7) is 9.60. The molecule has 0 spiro atoms. The van der Waals surface area contributed by atoms with Gasteiger partial charge in [0.2, 0.25) is 0 Å². The minimum atomic E-state index is -0.476. The first-order valence-corrected chi connectivity index (χ1v) is 7.08. The Morgan fingerprint density at radius 3 is 2.57 bits per heavy atom. The Morgan fingerprint density at radius 2 is 2.05 bits per heavy atom. The Balaban J connectivity index is 1.99. The molecule has 1 aromatic heterocycles. The molecule has 1 amide bonds. The molecule has 1 atom stereocenters. The molecule has 1 aliphatic heterocycles. The van der Waals surface area contributed by atoms with Gasteiger partial charge in [-0.15, -0.1) is 0 Å². The van der Waals surface area contributed by atoms with E-state index >= 15 is 0 Å². The zero-order chi connectivity index (χ0) is 15.6. The second kappa shape index (κ2) is 5.75. The van der Waals surface area contributed by atoms with Gasteiger partial charge in [0, 0.05) is 25.7 Å². The summed E-state index contributed by atoms with van der Waals surface area (Å²) >= 11 is 0. The zero-order valence-corrected chi connectivity index (χ0v) is 13.0. The molecule has 0 aromatic carbocycles. The van der Waals surface area contributed by atoms with Crippen LogP contribution in [-0.2, 0) is 4.74 Å². The Morgan fingerprint density at radius 1 is 1.33 bits per heavy atom. The van der Waals surface area contributed by atoms with Crippen molar-refractivity contribution in [3.63, 3.8) is 0 Å². The summed E-state index contributed by atoms with van der Waals surface area (Å²) in [5.74, 6) is 1.18. The maximum Gasteiger partial charge on any atom is 0.410 e. The van der Waals surface area contributed by atoms with Gasteiger partial charge in [-0.3, -0.25) is 0 Å². The largest absolute Gasteiger partial charge is 0.444 e. The lowest BCUT2D eigenvalue weighted by molar-refractivity contribution is 0.0158. The highest BCUT2D eigenvalue weighted by Gasteiger charge is 2.31. The van der Waals surface area contributed by atoms with Crippen molar-refractivity contribution >= 4 is 17.7 Å². The fourth-order valence-electron chi connectivity index (χ4n) is 2.25.